The third kappa shape index (κ3) is 1.24. The van der Waals surface area contributed by atoms with Crippen molar-refractivity contribution in [1.29, 1.82) is 0 Å². The molecule has 3 aliphatic rings. The standard InChI is InChI=1S/C13H14F2O/c14-10-2-1-3-11(15)9(10)4-12-5-13(6-12,7-12)8-16/h1-3,16H,4-8H2. The number of benzene rings is 1. The van der Waals surface area contributed by atoms with Crippen molar-refractivity contribution in [3.63, 3.8) is 0 Å². The molecule has 1 nitrogen and oxygen atoms in total. The van der Waals surface area contributed by atoms with Gasteiger partial charge in [0, 0.05) is 12.2 Å². The molecule has 0 amide bonds. The first-order chi connectivity index (χ1) is 7.58. The lowest BCUT2D eigenvalue weighted by atomic mass is 9.34. The molecule has 3 heteroatoms. The summed E-state index contributed by atoms with van der Waals surface area (Å²) in [4.78, 5) is 0. The van der Waals surface area contributed by atoms with E-state index in [1.54, 1.807) is 0 Å². The Bertz CT molecular complexity index is 402. The highest BCUT2D eigenvalue weighted by Crippen LogP contribution is 2.74. The highest BCUT2D eigenvalue weighted by molar-refractivity contribution is 5.27. The van der Waals surface area contributed by atoms with Crippen molar-refractivity contribution in [2.24, 2.45) is 10.8 Å². The van der Waals surface area contributed by atoms with Gasteiger partial charge in [0.15, 0.2) is 0 Å². The molecule has 1 aromatic carbocycles. The molecule has 3 saturated carbocycles. The Balaban J connectivity index is 1.78. The summed E-state index contributed by atoms with van der Waals surface area (Å²) >= 11 is 0. The first-order valence-corrected chi connectivity index (χ1v) is 5.62. The fraction of sp³-hybridized carbons (Fsp3) is 0.538. The Morgan fingerprint density at radius 1 is 1.06 bits per heavy atom. The molecule has 0 spiro atoms. The predicted octanol–water partition coefficient (Wildman–Crippen LogP) is 2.67. The molecule has 1 aromatic rings. The Hall–Kier alpha value is -0.960. The van der Waals surface area contributed by atoms with Gasteiger partial charge in [-0.15, -0.1) is 0 Å². The van der Waals surface area contributed by atoms with E-state index >= 15 is 0 Å². The van der Waals surface area contributed by atoms with Gasteiger partial charge in [-0.1, -0.05) is 6.07 Å². The zero-order chi connectivity index (χ0) is 11.4. The highest BCUT2D eigenvalue weighted by atomic mass is 19.1. The predicted molar refractivity (Wildman–Crippen MR) is 55.9 cm³/mol. The summed E-state index contributed by atoms with van der Waals surface area (Å²) in [6, 6.07) is 4.02. The number of aliphatic hydroxyl groups is 1. The average Bonchev–Trinajstić information content (AvgIpc) is 2.13. The lowest BCUT2D eigenvalue weighted by Crippen LogP contribution is -2.64. The molecule has 0 atom stereocenters. The minimum absolute atomic E-state index is 0.0752. The summed E-state index contributed by atoms with van der Waals surface area (Å²) in [6.07, 6.45) is 3.24. The zero-order valence-electron chi connectivity index (χ0n) is 8.97. The summed E-state index contributed by atoms with van der Waals surface area (Å²) in [5, 5.41) is 9.12. The van der Waals surface area contributed by atoms with Crippen molar-refractivity contribution in [2.45, 2.75) is 25.7 Å². The summed E-state index contributed by atoms with van der Waals surface area (Å²) < 4.78 is 26.9. The lowest BCUT2D eigenvalue weighted by Gasteiger charge is -2.70. The third-order valence-electron chi connectivity index (χ3n) is 4.20. The third-order valence-corrected chi connectivity index (χ3v) is 4.20. The summed E-state index contributed by atoms with van der Waals surface area (Å²) in [7, 11) is 0. The molecular weight excluding hydrogens is 210 g/mol. The van der Waals surface area contributed by atoms with Gasteiger partial charge >= 0.3 is 0 Å². The van der Waals surface area contributed by atoms with Gasteiger partial charge in [0.2, 0.25) is 0 Å². The monoisotopic (exact) mass is 224 g/mol. The van der Waals surface area contributed by atoms with Crippen LogP contribution in [0.1, 0.15) is 24.8 Å². The molecule has 1 N–H and O–H groups in total. The van der Waals surface area contributed by atoms with Crippen LogP contribution in [0.5, 0.6) is 0 Å². The Morgan fingerprint density at radius 2 is 1.62 bits per heavy atom. The fourth-order valence-electron chi connectivity index (χ4n) is 3.66. The second kappa shape index (κ2) is 3.04. The van der Waals surface area contributed by atoms with E-state index in [0.717, 1.165) is 19.3 Å². The number of rotatable bonds is 3. The van der Waals surface area contributed by atoms with Crippen molar-refractivity contribution >= 4 is 0 Å². The van der Waals surface area contributed by atoms with E-state index in [0.29, 0.717) is 6.42 Å². The summed E-state index contributed by atoms with van der Waals surface area (Å²) in [5.41, 5.74) is 0.391. The second-order valence-corrected chi connectivity index (χ2v) is 5.57. The van der Waals surface area contributed by atoms with Gasteiger partial charge in [-0.2, -0.15) is 0 Å². The fourth-order valence-corrected chi connectivity index (χ4v) is 3.66. The molecule has 86 valence electrons. The number of halogens is 2. The van der Waals surface area contributed by atoms with Gasteiger partial charge in [0.05, 0.1) is 0 Å². The van der Waals surface area contributed by atoms with Crippen LogP contribution in [0.25, 0.3) is 0 Å². The van der Waals surface area contributed by atoms with Crippen LogP contribution in [0, 0.1) is 22.5 Å². The van der Waals surface area contributed by atoms with Crippen LogP contribution in [0.3, 0.4) is 0 Å². The van der Waals surface area contributed by atoms with Crippen molar-refractivity contribution < 1.29 is 13.9 Å². The summed E-state index contributed by atoms with van der Waals surface area (Å²) in [5.74, 6) is -0.884. The number of aliphatic hydroxyl groups excluding tert-OH is 1. The van der Waals surface area contributed by atoms with E-state index in [4.69, 9.17) is 5.11 Å². The summed E-state index contributed by atoms with van der Waals surface area (Å²) in [6.45, 7) is 0.217. The van der Waals surface area contributed by atoms with E-state index in [9.17, 15) is 8.78 Å². The van der Waals surface area contributed by atoms with Crippen LogP contribution in [0.15, 0.2) is 18.2 Å². The molecule has 3 aliphatic carbocycles. The minimum Gasteiger partial charge on any atom is -0.396 e. The Labute approximate surface area is 93.1 Å². The van der Waals surface area contributed by atoms with Crippen LogP contribution >= 0.6 is 0 Å². The normalized spacial score (nSPS) is 35.4. The molecule has 4 rings (SSSR count). The van der Waals surface area contributed by atoms with Crippen LogP contribution in [-0.2, 0) is 6.42 Å². The van der Waals surface area contributed by atoms with Gasteiger partial charge in [0.25, 0.3) is 0 Å². The molecule has 0 aliphatic heterocycles. The van der Waals surface area contributed by atoms with E-state index in [1.165, 1.54) is 18.2 Å². The molecule has 2 bridgehead atoms. The Morgan fingerprint density at radius 3 is 2.12 bits per heavy atom. The van der Waals surface area contributed by atoms with Crippen LogP contribution in [0.2, 0.25) is 0 Å². The molecule has 0 unspecified atom stereocenters. The van der Waals surface area contributed by atoms with Crippen molar-refractivity contribution in [2.75, 3.05) is 6.61 Å². The van der Waals surface area contributed by atoms with Crippen LogP contribution in [-0.4, -0.2) is 11.7 Å². The lowest BCUT2D eigenvalue weighted by molar-refractivity contribution is -0.222. The molecule has 3 fully saturated rings. The number of hydrogen-bond acceptors (Lipinski definition) is 1. The maximum atomic E-state index is 13.4. The van der Waals surface area contributed by atoms with Crippen LogP contribution < -0.4 is 0 Å². The van der Waals surface area contributed by atoms with Gasteiger partial charge in [-0.25, -0.2) is 8.78 Å². The quantitative estimate of drug-likeness (QED) is 0.836. The zero-order valence-corrected chi connectivity index (χ0v) is 8.97. The smallest absolute Gasteiger partial charge is 0.129 e. The molecule has 0 heterocycles. The molecule has 0 aromatic heterocycles. The minimum atomic E-state index is -0.442. The van der Waals surface area contributed by atoms with Gasteiger partial charge < -0.3 is 5.11 Å². The first kappa shape index (κ1) is 10.2. The number of hydrogen-bond donors (Lipinski definition) is 1. The van der Waals surface area contributed by atoms with E-state index in [2.05, 4.69) is 0 Å². The van der Waals surface area contributed by atoms with Crippen LogP contribution in [0.4, 0.5) is 8.78 Å². The topological polar surface area (TPSA) is 20.2 Å². The Kier molecular flexibility index (Phi) is 1.94. The first-order valence-electron chi connectivity index (χ1n) is 5.62. The van der Waals surface area contributed by atoms with E-state index < -0.39 is 11.6 Å². The van der Waals surface area contributed by atoms with Crippen molar-refractivity contribution in [1.82, 2.24) is 0 Å². The van der Waals surface area contributed by atoms with Crippen molar-refractivity contribution in [3.8, 4) is 0 Å². The molecule has 0 radical (unpaired) electrons. The maximum Gasteiger partial charge on any atom is 0.129 e. The highest BCUT2D eigenvalue weighted by Gasteiger charge is 2.66. The van der Waals surface area contributed by atoms with Gasteiger partial charge in [-0.05, 0) is 48.6 Å². The maximum absolute atomic E-state index is 13.4. The largest absolute Gasteiger partial charge is 0.396 e. The molecule has 16 heavy (non-hydrogen) atoms. The van der Waals surface area contributed by atoms with E-state index in [1.807, 2.05) is 0 Å². The molecular formula is C13H14F2O. The van der Waals surface area contributed by atoms with E-state index in [-0.39, 0.29) is 23.0 Å². The van der Waals surface area contributed by atoms with Gasteiger partial charge in [0.1, 0.15) is 11.6 Å². The molecule has 0 saturated heterocycles. The average molecular weight is 224 g/mol. The van der Waals surface area contributed by atoms with Crippen molar-refractivity contribution in [3.05, 3.63) is 35.4 Å². The second-order valence-electron chi connectivity index (χ2n) is 5.57. The SMILES string of the molecule is OCC12CC(Cc3c(F)cccc3F)(C1)C2. The van der Waals surface area contributed by atoms with Gasteiger partial charge in [-0.3, -0.25) is 0 Å².